The molecule has 0 saturated carbocycles. The molecule has 0 spiro atoms. The molecule has 0 aromatic heterocycles. The Balaban J connectivity index is 0.00000576. The van der Waals surface area contributed by atoms with Gasteiger partial charge in [0.2, 0.25) is 5.91 Å². The smallest absolute Gasteiger partial charge is 0.315 e. The molecule has 142 valence electrons. The minimum Gasteiger partial charge on any atom is -0.343 e. The Labute approximate surface area is 154 Å². The van der Waals surface area contributed by atoms with E-state index >= 15 is 0 Å². The summed E-state index contributed by atoms with van der Waals surface area (Å²) in [5, 5.41) is 8.40. The second-order valence-electron chi connectivity index (χ2n) is 5.66. The van der Waals surface area contributed by atoms with Gasteiger partial charge >= 0.3 is 6.03 Å². The first kappa shape index (κ1) is 23.1. The Morgan fingerprint density at radius 2 is 1.88 bits per heavy atom. The zero-order valence-electron chi connectivity index (χ0n) is 15.0. The second kappa shape index (κ2) is 12.5. The largest absolute Gasteiger partial charge is 0.343 e. The molecule has 6 nitrogen and oxygen atoms in total. The third-order valence-electron chi connectivity index (χ3n) is 3.62. The molecule has 1 atom stereocenters. The molecular weight excluding hydrogens is 347 g/mol. The Morgan fingerprint density at radius 1 is 1.24 bits per heavy atom. The van der Waals surface area contributed by atoms with E-state index in [9.17, 15) is 14.0 Å². The van der Waals surface area contributed by atoms with Crippen molar-refractivity contribution in [3.05, 3.63) is 35.6 Å². The van der Waals surface area contributed by atoms with E-state index in [0.29, 0.717) is 19.5 Å². The maximum Gasteiger partial charge on any atom is 0.315 e. The molecule has 1 rings (SSSR count). The highest BCUT2D eigenvalue weighted by molar-refractivity contribution is 5.87. The van der Waals surface area contributed by atoms with Crippen LogP contribution in [-0.4, -0.2) is 50.1 Å². The van der Waals surface area contributed by atoms with Gasteiger partial charge in [-0.2, -0.15) is 0 Å². The Bertz CT molecular complexity index is 528. The number of carbonyl (C=O) groups is 2. The van der Waals surface area contributed by atoms with Crippen LogP contribution in [0.1, 0.15) is 25.3 Å². The standard InChI is InChI=1S/C17H27FN4O2.ClH/c1-4-5-15(16(23)22(3)11-10-19-2)21-17(24)20-12-13-6-8-14(18)9-7-13;/h6-9,15,19H,4-5,10-12H2,1-3H3,(H2,20,21,24);1H. The van der Waals surface area contributed by atoms with Crippen molar-refractivity contribution >= 4 is 24.3 Å². The van der Waals surface area contributed by atoms with Gasteiger partial charge in [0.1, 0.15) is 11.9 Å². The molecule has 25 heavy (non-hydrogen) atoms. The molecule has 0 aliphatic heterocycles. The Hall–Kier alpha value is -1.86. The quantitative estimate of drug-likeness (QED) is 0.618. The van der Waals surface area contributed by atoms with Crippen LogP contribution in [-0.2, 0) is 11.3 Å². The van der Waals surface area contributed by atoms with E-state index in [1.54, 1.807) is 24.1 Å². The highest BCUT2D eigenvalue weighted by Crippen LogP contribution is 2.03. The minimum absolute atomic E-state index is 0. The van der Waals surface area contributed by atoms with Crippen LogP contribution in [0.25, 0.3) is 0 Å². The van der Waals surface area contributed by atoms with Crippen molar-refractivity contribution in [3.8, 4) is 0 Å². The Morgan fingerprint density at radius 3 is 2.44 bits per heavy atom. The lowest BCUT2D eigenvalue weighted by atomic mass is 10.1. The van der Waals surface area contributed by atoms with Crippen molar-refractivity contribution in [3.63, 3.8) is 0 Å². The van der Waals surface area contributed by atoms with Gasteiger partial charge in [-0.15, -0.1) is 12.4 Å². The number of carbonyl (C=O) groups excluding carboxylic acids is 2. The fourth-order valence-electron chi connectivity index (χ4n) is 2.20. The van der Waals surface area contributed by atoms with Crippen LogP contribution in [0.15, 0.2) is 24.3 Å². The fourth-order valence-corrected chi connectivity index (χ4v) is 2.20. The van der Waals surface area contributed by atoms with Crippen molar-refractivity contribution in [2.75, 3.05) is 27.2 Å². The van der Waals surface area contributed by atoms with Crippen molar-refractivity contribution in [2.45, 2.75) is 32.4 Å². The SMILES string of the molecule is CCCC(NC(=O)NCc1ccc(F)cc1)C(=O)N(C)CCNC.Cl. The predicted octanol–water partition coefficient (Wildman–Crippen LogP) is 1.89. The Kier molecular flexibility index (Phi) is 11.6. The van der Waals surface area contributed by atoms with E-state index < -0.39 is 12.1 Å². The van der Waals surface area contributed by atoms with Gasteiger partial charge in [0.15, 0.2) is 0 Å². The summed E-state index contributed by atoms with van der Waals surface area (Å²) in [6.07, 6.45) is 1.36. The normalized spacial score (nSPS) is 11.2. The predicted molar refractivity (Wildman–Crippen MR) is 99.3 cm³/mol. The number of amides is 3. The van der Waals surface area contributed by atoms with Crippen molar-refractivity contribution < 1.29 is 14.0 Å². The van der Waals surface area contributed by atoms with Crippen LogP contribution in [0.4, 0.5) is 9.18 Å². The number of hydrogen-bond acceptors (Lipinski definition) is 3. The number of benzene rings is 1. The molecule has 8 heteroatoms. The van der Waals surface area contributed by atoms with Crippen molar-refractivity contribution in [2.24, 2.45) is 0 Å². The van der Waals surface area contributed by atoms with Gasteiger partial charge in [-0.3, -0.25) is 4.79 Å². The van der Waals surface area contributed by atoms with Gasteiger partial charge in [-0.05, 0) is 31.2 Å². The first-order valence-corrected chi connectivity index (χ1v) is 8.16. The number of hydrogen-bond donors (Lipinski definition) is 3. The fraction of sp³-hybridized carbons (Fsp3) is 0.529. The van der Waals surface area contributed by atoms with Crippen LogP contribution >= 0.6 is 12.4 Å². The molecule has 0 aliphatic carbocycles. The summed E-state index contributed by atoms with van der Waals surface area (Å²) >= 11 is 0. The van der Waals surface area contributed by atoms with Crippen molar-refractivity contribution in [1.29, 1.82) is 0 Å². The summed E-state index contributed by atoms with van der Waals surface area (Å²) in [7, 11) is 3.55. The number of rotatable bonds is 9. The molecule has 1 aromatic carbocycles. The first-order chi connectivity index (χ1) is 11.5. The van der Waals surface area contributed by atoms with Gasteiger partial charge < -0.3 is 20.9 Å². The summed E-state index contributed by atoms with van der Waals surface area (Å²) in [5.74, 6) is -0.426. The van der Waals surface area contributed by atoms with Gasteiger partial charge in [0.05, 0.1) is 0 Å². The highest BCUT2D eigenvalue weighted by Gasteiger charge is 2.22. The number of halogens is 2. The van der Waals surface area contributed by atoms with Crippen LogP contribution < -0.4 is 16.0 Å². The number of urea groups is 1. The average molecular weight is 375 g/mol. The van der Waals surface area contributed by atoms with Crippen LogP contribution in [0.3, 0.4) is 0 Å². The second-order valence-corrected chi connectivity index (χ2v) is 5.66. The zero-order valence-corrected chi connectivity index (χ0v) is 15.8. The molecule has 0 heterocycles. The van der Waals surface area contributed by atoms with E-state index in [4.69, 9.17) is 0 Å². The summed E-state index contributed by atoms with van der Waals surface area (Å²) in [6.45, 7) is 3.51. The third-order valence-corrected chi connectivity index (χ3v) is 3.62. The number of nitrogens with zero attached hydrogens (tertiary/aromatic N) is 1. The van der Waals surface area contributed by atoms with E-state index in [1.165, 1.54) is 12.1 Å². The molecule has 0 bridgehead atoms. The van der Waals surface area contributed by atoms with E-state index in [1.807, 2.05) is 14.0 Å². The maximum absolute atomic E-state index is 12.8. The lowest BCUT2D eigenvalue weighted by molar-refractivity contribution is -0.132. The number of likely N-dealkylation sites (N-methyl/N-ethyl adjacent to an activating group) is 2. The number of nitrogens with one attached hydrogen (secondary N) is 3. The molecule has 0 saturated heterocycles. The lowest BCUT2D eigenvalue weighted by Crippen LogP contribution is -2.51. The van der Waals surface area contributed by atoms with Gasteiger partial charge in [-0.1, -0.05) is 25.5 Å². The molecule has 1 unspecified atom stereocenters. The molecule has 3 amide bonds. The van der Waals surface area contributed by atoms with Crippen LogP contribution in [0.2, 0.25) is 0 Å². The van der Waals surface area contributed by atoms with Crippen LogP contribution in [0.5, 0.6) is 0 Å². The monoisotopic (exact) mass is 374 g/mol. The lowest BCUT2D eigenvalue weighted by Gasteiger charge is -2.24. The van der Waals surface area contributed by atoms with E-state index in [2.05, 4.69) is 16.0 Å². The topological polar surface area (TPSA) is 73.5 Å². The van der Waals surface area contributed by atoms with Crippen LogP contribution in [0, 0.1) is 5.82 Å². The van der Waals surface area contributed by atoms with Crippen molar-refractivity contribution in [1.82, 2.24) is 20.9 Å². The molecule has 1 aromatic rings. The van der Waals surface area contributed by atoms with E-state index in [0.717, 1.165) is 12.0 Å². The van der Waals surface area contributed by atoms with Gasteiger partial charge in [-0.25, -0.2) is 9.18 Å². The van der Waals surface area contributed by atoms with Gasteiger partial charge in [0.25, 0.3) is 0 Å². The molecule has 0 aliphatic rings. The van der Waals surface area contributed by atoms with E-state index in [-0.39, 0.29) is 30.7 Å². The zero-order chi connectivity index (χ0) is 17.9. The molecule has 0 fully saturated rings. The highest BCUT2D eigenvalue weighted by atomic mass is 35.5. The summed E-state index contributed by atoms with van der Waals surface area (Å²) in [4.78, 5) is 26.0. The summed E-state index contributed by atoms with van der Waals surface area (Å²) in [5.41, 5.74) is 0.788. The molecular formula is C17H28ClFN4O2. The summed E-state index contributed by atoms with van der Waals surface area (Å²) in [6, 6.07) is 4.94. The first-order valence-electron chi connectivity index (χ1n) is 8.16. The summed E-state index contributed by atoms with van der Waals surface area (Å²) < 4.78 is 12.8. The maximum atomic E-state index is 12.8. The average Bonchev–Trinajstić information content (AvgIpc) is 2.58. The van der Waals surface area contributed by atoms with Gasteiger partial charge in [0, 0.05) is 26.7 Å². The third kappa shape index (κ3) is 8.69. The molecule has 0 radical (unpaired) electrons. The minimum atomic E-state index is -0.551. The molecule has 3 N–H and O–H groups in total.